The zero-order chi connectivity index (χ0) is 8.53. The van der Waals surface area contributed by atoms with Gasteiger partial charge in [0.2, 0.25) is 0 Å². The van der Waals surface area contributed by atoms with Crippen LogP contribution in [0.3, 0.4) is 0 Å². The van der Waals surface area contributed by atoms with Gasteiger partial charge in [0.15, 0.2) is 6.29 Å². The number of carbonyl (C=O) groups excluding carboxylic acids is 1. The molecule has 0 unspecified atom stereocenters. The minimum atomic E-state index is 0.546. The van der Waals surface area contributed by atoms with Crippen molar-refractivity contribution in [2.75, 3.05) is 0 Å². The second kappa shape index (κ2) is 7.77. The molecule has 0 aliphatic carbocycles. The standard InChI is InChI=1S/C10H19O/c1-3-4-5-6-7-10(2)8-9-11/h10H,3-8H2,1-2H3/t10-/m0/s1. The lowest BCUT2D eigenvalue weighted by Gasteiger charge is -2.05. The van der Waals surface area contributed by atoms with Crippen LogP contribution in [-0.2, 0) is 4.79 Å². The Morgan fingerprint density at radius 3 is 2.55 bits per heavy atom. The normalized spacial score (nSPS) is 12.9. The van der Waals surface area contributed by atoms with E-state index in [1.807, 2.05) is 6.29 Å². The van der Waals surface area contributed by atoms with Crippen molar-refractivity contribution in [1.82, 2.24) is 0 Å². The van der Waals surface area contributed by atoms with Gasteiger partial charge in [-0.2, -0.15) is 0 Å². The summed E-state index contributed by atoms with van der Waals surface area (Å²) in [6.07, 6.45) is 8.98. The number of unbranched alkanes of at least 4 members (excludes halogenated alkanes) is 3. The van der Waals surface area contributed by atoms with Crippen molar-refractivity contribution < 1.29 is 4.79 Å². The second-order valence-corrected chi connectivity index (χ2v) is 3.30. The Kier molecular flexibility index (Phi) is 7.54. The summed E-state index contributed by atoms with van der Waals surface area (Å²) in [5, 5.41) is 0. The molecule has 0 rings (SSSR count). The molecular weight excluding hydrogens is 136 g/mol. The lowest BCUT2D eigenvalue weighted by molar-refractivity contribution is 0.480. The van der Waals surface area contributed by atoms with Crippen molar-refractivity contribution in [3.05, 3.63) is 0 Å². The van der Waals surface area contributed by atoms with E-state index in [0.717, 1.165) is 0 Å². The predicted molar refractivity (Wildman–Crippen MR) is 48.2 cm³/mol. The Labute approximate surface area is 70.2 Å². The summed E-state index contributed by atoms with van der Waals surface area (Å²) in [7, 11) is 0. The van der Waals surface area contributed by atoms with Crippen LogP contribution in [-0.4, -0.2) is 6.29 Å². The first kappa shape index (κ1) is 10.7. The maximum atomic E-state index is 9.98. The highest BCUT2D eigenvalue weighted by Crippen LogP contribution is 2.11. The van der Waals surface area contributed by atoms with Gasteiger partial charge in [-0.15, -0.1) is 0 Å². The molecule has 1 atom stereocenters. The third-order valence-electron chi connectivity index (χ3n) is 1.98. The Morgan fingerprint density at radius 1 is 1.27 bits per heavy atom. The molecule has 0 amide bonds. The molecule has 1 radical (unpaired) electrons. The molecule has 0 saturated carbocycles. The summed E-state index contributed by atoms with van der Waals surface area (Å²) in [4.78, 5) is 9.98. The fraction of sp³-hybridized carbons (Fsp3) is 0.900. The summed E-state index contributed by atoms with van der Waals surface area (Å²) < 4.78 is 0. The molecule has 1 nitrogen and oxygen atoms in total. The number of hydrogen-bond acceptors (Lipinski definition) is 1. The molecule has 0 heterocycles. The first-order chi connectivity index (χ1) is 5.31. The zero-order valence-corrected chi connectivity index (χ0v) is 7.73. The van der Waals surface area contributed by atoms with Crippen molar-refractivity contribution in [2.45, 2.75) is 52.4 Å². The minimum absolute atomic E-state index is 0.546. The van der Waals surface area contributed by atoms with Gasteiger partial charge in [-0.25, -0.2) is 0 Å². The van der Waals surface area contributed by atoms with Crippen LogP contribution in [0.25, 0.3) is 0 Å². The highest BCUT2D eigenvalue weighted by Gasteiger charge is 1.99. The molecule has 0 fully saturated rings. The van der Waals surface area contributed by atoms with Crippen LogP contribution >= 0.6 is 0 Å². The molecule has 0 N–H and O–H groups in total. The summed E-state index contributed by atoms with van der Waals surface area (Å²) in [6, 6.07) is 0. The Bertz CT molecular complexity index is 88.9. The van der Waals surface area contributed by atoms with Gasteiger partial charge in [0.05, 0.1) is 0 Å². The predicted octanol–water partition coefficient (Wildman–Crippen LogP) is 3.09. The first-order valence-electron chi connectivity index (χ1n) is 4.66. The van der Waals surface area contributed by atoms with Crippen molar-refractivity contribution in [3.8, 4) is 0 Å². The highest BCUT2D eigenvalue weighted by molar-refractivity contribution is 5.50. The smallest absolute Gasteiger partial charge is 0.198 e. The van der Waals surface area contributed by atoms with Crippen LogP contribution in [0.1, 0.15) is 52.4 Å². The van der Waals surface area contributed by atoms with E-state index in [0.29, 0.717) is 12.3 Å². The second-order valence-electron chi connectivity index (χ2n) is 3.30. The van der Waals surface area contributed by atoms with Gasteiger partial charge in [0, 0.05) is 6.42 Å². The Hall–Kier alpha value is -0.330. The van der Waals surface area contributed by atoms with E-state index < -0.39 is 0 Å². The van der Waals surface area contributed by atoms with Crippen molar-refractivity contribution in [1.29, 1.82) is 0 Å². The monoisotopic (exact) mass is 155 g/mol. The molecule has 0 aromatic heterocycles. The maximum Gasteiger partial charge on any atom is 0.198 e. The largest absolute Gasteiger partial charge is 0.291 e. The van der Waals surface area contributed by atoms with Gasteiger partial charge in [-0.3, -0.25) is 4.79 Å². The molecule has 0 aromatic rings. The van der Waals surface area contributed by atoms with Crippen molar-refractivity contribution in [3.63, 3.8) is 0 Å². The van der Waals surface area contributed by atoms with Crippen LogP contribution in [0.15, 0.2) is 0 Å². The molecular formula is C10H19O. The lowest BCUT2D eigenvalue weighted by atomic mass is 10.0. The van der Waals surface area contributed by atoms with Gasteiger partial charge in [0.25, 0.3) is 0 Å². The molecule has 0 saturated heterocycles. The number of rotatable bonds is 7. The summed E-state index contributed by atoms with van der Waals surface area (Å²) in [5.74, 6) is 0.546. The van der Waals surface area contributed by atoms with Crippen molar-refractivity contribution >= 4 is 6.29 Å². The topological polar surface area (TPSA) is 17.1 Å². The molecule has 65 valence electrons. The zero-order valence-electron chi connectivity index (χ0n) is 7.73. The maximum absolute atomic E-state index is 9.98. The summed E-state index contributed by atoms with van der Waals surface area (Å²) >= 11 is 0. The molecule has 0 aliphatic rings. The van der Waals surface area contributed by atoms with Crippen LogP contribution in [0.5, 0.6) is 0 Å². The van der Waals surface area contributed by atoms with Gasteiger partial charge < -0.3 is 0 Å². The third-order valence-corrected chi connectivity index (χ3v) is 1.98. The quantitative estimate of drug-likeness (QED) is 0.516. The summed E-state index contributed by atoms with van der Waals surface area (Å²) in [5.41, 5.74) is 0. The fourth-order valence-corrected chi connectivity index (χ4v) is 1.16. The van der Waals surface area contributed by atoms with E-state index in [-0.39, 0.29) is 0 Å². The molecule has 1 heteroatoms. The van der Waals surface area contributed by atoms with E-state index >= 15 is 0 Å². The lowest BCUT2D eigenvalue weighted by Crippen LogP contribution is -1.94. The van der Waals surface area contributed by atoms with E-state index in [2.05, 4.69) is 13.8 Å². The van der Waals surface area contributed by atoms with E-state index in [1.165, 1.54) is 32.1 Å². The molecule has 0 bridgehead atoms. The molecule has 0 aliphatic heterocycles. The van der Waals surface area contributed by atoms with Gasteiger partial charge in [-0.05, 0) is 5.92 Å². The van der Waals surface area contributed by atoms with Gasteiger partial charge in [0.1, 0.15) is 0 Å². The Balaban J connectivity index is 3.03. The van der Waals surface area contributed by atoms with E-state index in [9.17, 15) is 4.79 Å². The van der Waals surface area contributed by atoms with Crippen molar-refractivity contribution in [2.24, 2.45) is 5.92 Å². The van der Waals surface area contributed by atoms with Crippen LogP contribution < -0.4 is 0 Å². The average Bonchev–Trinajstić information content (AvgIpc) is 1.99. The molecule has 0 spiro atoms. The van der Waals surface area contributed by atoms with Crippen LogP contribution in [0, 0.1) is 5.92 Å². The molecule has 11 heavy (non-hydrogen) atoms. The van der Waals surface area contributed by atoms with Crippen LogP contribution in [0.4, 0.5) is 0 Å². The Morgan fingerprint density at radius 2 is 2.00 bits per heavy atom. The SMILES string of the molecule is CCCCCC[C@H](C)C[C]=O. The van der Waals surface area contributed by atoms with E-state index in [4.69, 9.17) is 0 Å². The van der Waals surface area contributed by atoms with Gasteiger partial charge in [-0.1, -0.05) is 46.0 Å². The highest BCUT2D eigenvalue weighted by atomic mass is 16.1. The number of hydrogen-bond donors (Lipinski definition) is 0. The molecule has 0 aromatic carbocycles. The fourth-order valence-electron chi connectivity index (χ4n) is 1.16. The minimum Gasteiger partial charge on any atom is -0.291 e. The first-order valence-corrected chi connectivity index (χ1v) is 4.66. The third kappa shape index (κ3) is 7.57. The summed E-state index contributed by atoms with van der Waals surface area (Å²) in [6.45, 7) is 4.33. The van der Waals surface area contributed by atoms with Gasteiger partial charge >= 0.3 is 0 Å². The van der Waals surface area contributed by atoms with E-state index in [1.54, 1.807) is 0 Å². The average molecular weight is 155 g/mol. The van der Waals surface area contributed by atoms with Crippen LogP contribution in [0.2, 0.25) is 0 Å².